The Morgan fingerprint density at radius 3 is 2.76 bits per heavy atom. The number of alkyl halides is 3. The maximum absolute atomic E-state index is 14.0. The standard InChI is InChI=1S/C19H15F4N5O/c20-13-9-25-16(24)26-15(13)8-11-3-4-12-14(7-11)27-17(29)28-18(12,19(21,22)23)6-5-10-1-2-10/h3-4,7,9-10H,1-2,8H2,(H2,24,25,26)(H2,27,28,29)/t18-/m0/s1. The van der Waals surface area contributed by atoms with E-state index in [4.69, 9.17) is 5.73 Å². The van der Waals surface area contributed by atoms with Crippen LogP contribution in [0.4, 0.5) is 34.0 Å². The van der Waals surface area contributed by atoms with Gasteiger partial charge in [0.25, 0.3) is 0 Å². The van der Waals surface area contributed by atoms with E-state index < -0.39 is 23.6 Å². The number of carbonyl (C=O) groups excluding carboxylic acids is 1. The number of nitrogens with zero attached hydrogens (tertiary/aromatic N) is 2. The van der Waals surface area contributed by atoms with Crippen LogP contribution in [0.15, 0.2) is 24.4 Å². The number of nitrogens with one attached hydrogen (secondary N) is 2. The van der Waals surface area contributed by atoms with Gasteiger partial charge in [-0.25, -0.2) is 19.2 Å². The lowest BCUT2D eigenvalue weighted by Crippen LogP contribution is -2.59. The van der Waals surface area contributed by atoms with E-state index >= 15 is 0 Å². The fourth-order valence-electron chi connectivity index (χ4n) is 3.09. The molecule has 2 heterocycles. The Balaban J connectivity index is 1.77. The van der Waals surface area contributed by atoms with Gasteiger partial charge in [-0.2, -0.15) is 13.2 Å². The van der Waals surface area contributed by atoms with Crippen molar-refractivity contribution in [1.29, 1.82) is 0 Å². The molecular weight excluding hydrogens is 390 g/mol. The molecule has 0 bridgehead atoms. The number of nitrogen functional groups attached to an aromatic ring is 1. The Kier molecular flexibility index (Phi) is 4.33. The van der Waals surface area contributed by atoms with Crippen molar-refractivity contribution in [3.63, 3.8) is 0 Å². The third-order valence-electron chi connectivity index (χ3n) is 4.71. The highest BCUT2D eigenvalue weighted by atomic mass is 19.4. The zero-order chi connectivity index (χ0) is 20.8. The van der Waals surface area contributed by atoms with Crippen LogP contribution < -0.4 is 16.4 Å². The number of carbonyl (C=O) groups is 1. The third-order valence-corrected chi connectivity index (χ3v) is 4.71. The van der Waals surface area contributed by atoms with Crippen LogP contribution in [0, 0.1) is 23.6 Å². The van der Waals surface area contributed by atoms with E-state index in [0.717, 1.165) is 19.0 Å². The van der Waals surface area contributed by atoms with Crippen LogP contribution in [-0.4, -0.2) is 22.2 Å². The molecule has 2 aromatic rings. The number of halogens is 4. The minimum atomic E-state index is -4.84. The molecule has 1 aromatic carbocycles. The summed E-state index contributed by atoms with van der Waals surface area (Å²) < 4.78 is 56.0. The monoisotopic (exact) mass is 405 g/mol. The van der Waals surface area contributed by atoms with Crippen LogP contribution in [0.2, 0.25) is 0 Å². The molecular formula is C19H15F4N5O. The molecule has 1 aromatic heterocycles. The minimum absolute atomic E-state index is 0.00618. The van der Waals surface area contributed by atoms with E-state index in [1.54, 1.807) is 0 Å². The molecule has 1 aliphatic heterocycles. The SMILES string of the molecule is Nc1ncc(F)c(Cc2ccc3c(c2)NC(=O)N[C@]3(C#CC2CC2)C(F)(F)F)n1. The van der Waals surface area contributed by atoms with Crippen molar-refractivity contribution in [3.8, 4) is 11.8 Å². The van der Waals surface area contributed by atoms with Crippen molar-refractivity contribution >= 4 is 17.7 Å². The topological polar surface area (TPSA) is 92.9 Å². The van der Waals surface area contributed by atoms with Gasteiger partial charge >= 0.3 is 12.2 Å². The van der Waals surface area contributed by atoms with Crippen LogP contribution in [0.1, 0.15) is 29.7 Å². The first-order valence-electron chi connectivity index (χ1n) is 8.77. The molecule has 150 valence electrons. The Bertz CT molecular complexity index is 1050. The van der Waals surface area contributed by atoms with Crippen molar-refractivity contribution < 1.29 is 22.4 Å². The Morgan fingerprint density at radius 1 is 1.31 bits per heavy atom. The minimum Gasteiger partial charge on any atom is -0.368 e. The number of nitrogens with two attached hydrogens (primary N) is 1. The van der Waals surface area contributed by atoms with Gasteiger partial charge in [0.05, 0.1) is 11.9 Å². The highest BCUT2D eigenvalue weighted by Gasteiger charge is 2.59. The maximum atomic E-state index is 14.0. The lowest BCUT2D eigenvalue weighted by molar-refractivity contribution is -0.178. The number of urea groups is 1. The van der Waals surface area contributed by atoms with Gasteiger partial charge in [-0.3, -0.25) is 0 Å². The normalized spacial score (nSPS) is 20.8. The summed E-state index contributed by atoms with van der Waals surface area (Å²) >= 11 is 0. The second-order valence-corrected chi connectivity index (χ2v) is 6.95. The maximum Gasteiger partial charge on any atom is 0.427 e. The molecule has 1 fully saturated rings. The van der Waals surface area contributed by atoms with Crippen LogP contribution in [0.25, 0.3) is 0 Å². The van der Waals surface area contributed by atoms with Gasteiger partial charge in [0, 0.05) is 23.6 Å². The summed E-state index contributed by atoms with van der Waals surface area (Å²) in [5, 5.41) is 4.32. The van der Waals surface area contributed by atoms with Gasteiger partial charge in [-0.15, -0.1) is 0 Å². The smallest absolute Gasteiger partial charge is 0.368 e. The van der Waals surface area contributed by atoms with E-state index in [1.165, 1.54) is 18.2 Å². The average Bonchev–Trinajstić information content (AvgIpc) is 3.46. The summed E-state index contributed by atoms with van der Waals surface area (Å²) in [6.07, 6.45) is -2.47. The second-order valence-electron chi connectivity index (χ2n) is 6.95. The Morgan fingerprint density at radius 2 is 2.07 bits per heavy atom. The first-order chi connectivity index (χ1) is 13.7. The van der Waals surface area contributed by atoms with E-state index in [2.05, 4.69) is 27.1 Å². The number of hydrogen-bond donors (Lipinski definition) is 3. The lowest BCUT2D eigenvalue weighted by atomic mass is 9.85. The Hall–Kier alpha value is -3.35. The summed E-state index contributed by atoms with van der Waals surface area (Å²) in [7, 11) is 0. The fourth-order valence-corrected chi connectivity index (χ4v) is 3.09. The first-order valence-corrected chi connectivity index (χ1v) is 8.77. The van der Waals surface area contributed by atoms with Crippen molar-refractivity contribution in [2.45, 2.75) is 31.0 Å². The highest BCUT2D eigenvalue weighted by molar-refractivity contribution is 5.95. The fraction of sp³-hybridized carbons (Fsp3) is 0.316. The van der Waals surface area contributed by atoms with Crippen LogP contribution in [0.3, 0.4) is 0 Å². The molecule has 4 rings (SSSR count). The Labute approximate surface area is 162 Å². The summed E-state index contributed by atoms with van der Waals surface area (Å²) in [5.41, 5.74) is 2.82. The average molecular weight is 405 g/mol. The number of benzene rings is 1. The first kappa shape index (κ1) is 19.0. The molecule has 4 N–H and O–H groups in total. The predicted octanol–water partition coefficient (Wildman–Crippen LogP) is 3.09. The van der Waals surface area contributed by atoms with Gasteiger partial charge in [0.15, 0.2) is 5.82 Å². The molecule has 0 radical (unpaired) electrons. The summed E-state index contributed by atoms with van der Waals surface area (Å²) in [6, 6.07) is 2.98. The molecule has 0 unspecified atom stereocenters. The molecule has 0 saturated heterocycles. The van der Waals surface area contributed by atoms with E-state index in [1.807, 2.05) is 5.32 Å². The van der Waals surface area contributed by atoms with E-state index in [0.29, 0.717) is 5.56 Å². The van der Waals surface area contributed by atoms with Crippen molar-refractivity contribution in [1.82, 2.24) is 15.3 Å². The van der Waals surface area contributed by atoms with E-state index in [9.17, 15) is 22.4 Å². The molecule has 1 atom stereocenters. The number of anilines is 2. The number of rotatable bonds is 2. The van der Waals surface area contributed by atoms with Crippen molar-refractivity contribution in [2.75, 3.05) is 11.1 Å². The summed E-state index contributed by atoms with van der Waals surface area (Å²) in [4.78, 5) is 19.4. The molecule has 29 heavy (non-hydrogen) atoms. The van der Waals surface area contributed by atoms with Gasteiger partial charge in [-0.05, 0) is 24.5 Å². The van der Waals surface area contributed by atoms with Gasteiger partial charge < -0.3 is 16.4 Å². The molecule has 2 amide bonds. The van der Waals surface area contributed by atoms with Crippen molar-refractivity contribution in [2.24, 2.45) is 5.92 Å². The summed E-state index contributed by atoms with van der Waals surface area (Å²) in [6.45, 7) is 0. The van der Waals surface area contributed by atoms with Gasteiger partial charge in [0.2, 0.25) is 11.5 Å². The number of aromatic nitrogens is 2. The predicted molar refractivity (Wildman–Crippen MR) is 96.0 cm³/mol. The third kappa shape index (κ3) is 3.55. The quantitative estimate of drug-likeness (QED) is 0.529. The zero-order valence-electron chi connectivity index (χ0n) is 14.9. The van der Waals surface area contributed by atoms with Crippen LogP contribution in [0.5, 0.6) is 0 Å². The molecule has 1 saturated carbocycles. The molecule has 6 nitrogen and oxygen atoms in total. The number of fused-ring (bicyclic) bond motifs is 1. The van der Waals surface area contributed by atoms with Gasteiger partial charge in [0.1, 0.15) is 0 Å². The summed E-state index contributed by atoms with van der Waals surface area (Å²) in [5.74, 6) is 3.97. The van der Waals surface area contributed by atoms with Crippen LogP contribution >= 0.6 is 0 Å². The van der Waals surface area contributed by atoms with E-state index in [-0.39, 0.29) is 35.2 Å². The number of hydrogen-bond acceptors (Lipinski definition) is 4. The highest BCUT2D eigenvalue weighted by Crippen LogP contribution is 2.44. The number of amides is 2. The molecule has 0 spiro atoms. The molecule has 1 aliphatic carbocycles. The largest absolute Gasteiger partial charge is 0.427 e. The molecule has 2 aliphatic rings. The molecule has 10 heteroatoms. The zero-order valence-corrected chi connectivity index (χ0v) is 14.9. The lowest BCUT2D eigenvalue weighted by Gasteiger charge is -2.37. The van der Waals surface area contributed by atoms with Crippen molar-refractivity contribution in [3.05, 3.63) is 47.0 Å². The van der Waals surface area contributed by atoms with Crippen LogP contribution in [-0.2, 0) is 12.0 Å². The van der Waals surface area contributed by atoms with Gasteiger partial charge in [-0.1, -0.05) is 24.0 Å². The second kappa shape index (κ2) is 6.62.